The Labute approximate surface area is 196 Å². The Balaban J connectivity index is 2.44. The van der Waals surface area contributed by atoms with Gasteiger partial charge in [0, 0.05) is 6.42 Å². The summed E-state index contributed by atoms with van der Waals surface area (Å²) in [5.74, 6) is -0.232. The molecule has 0 saturated carbocycles. The van der Waals surface area contributed by atoms with E-state index in [-0.39, 0.29) is 17.0 Å². The monoisotopic (exact) mass is 468 g/mol. The molecule has 0 heterocycles. The fourth-order valence-corrected chi connectivity index (χ4v) is 4.91. The number of esters is 1. The highest BCUT2D eigenvalue weighted by Crippen LogP contribution is 2.22. The van der Waals surface area contributed by atoms with Crippen molar-refractivity contribution in [2.75, 3.05) is 7.11 Å². The van der Waals surface area contributed by atoms with Crippen LogP contribution in [0.5, 0.6) is 0 Å². The molecule has 6 heteroatoms. The van der Waals surface area contributed by atoms with Gasteiger partial charge >= 0.3 is 5.97 Å². The minimum Gasteiger partial charge on any atom is -0.469 e. The van der Waals surface area contributed by atoms with Crippen LogP contribution in [0, 0.1) is 6.92 Å². The zero-order valence-corrected chi connectivity index (χ0v) is 21.3. The van der Waals surface area contributed by atoms with Crippen LogP contribution in [0.15, 0.2) is 29.2 Å². The van der Waals surface area contributed by atoms with E-state index < -0.39 is 10.1 Å². The molecule has 1 rings (SSSR count). The topological polar surface area (TPSA) is 69.7 Å². The van der Waals surface area contributed by atoms with Gasteiger partial charge in [0.15, 0.2) is 0 Å². The predicted molar refractivity (Wildman–Crippen MR) is 130 cm³/mol. The smallest absolute Gasteiger partial charge is 0.305 e. The van der Waals surface area contributed by atoms with Gasteiger partial charge in [-0.05, 0) is 38.3 Å². The molecule has 32 heavy (non-hydrogen) atoms. The average Bonchev–Trinajstić information content (AvgIpc) is 2.77. The maximum absolute atomic E-state index is 12.7. The van der Waals surface area contributed by atoms with Gasteiger partial charge in [-0.2, -0.15) is 8.42 Å². The Bertz CT molecular complexity index is 712. The van der Waals surface area contributed by atoms with Crippen molar-refractivity contribution in [3.05, 3.63) is 29.8 Å². The number of hydrogen-bond donors (Lipinski definition) is 0. The molecule has 5 nitrogen and oxygen atoms in total. The lowest BCUT2D eigenvalue weighted by atomic mass is 10.0. The molecule has 0 N–H and O–H groups in total. The molecular formula is C26H44O5S. The van der Waals surface area contributed by atoms with Crippen molar-refractivity contribution >= 4 is 16.1 Å². The zero-order valence-electron chi connectivity index (χ0n) is 20.4. The number of methoxy groups -OCH3 is 1. The number of carbonyl (C=O) groups is 1. The highest BCUT2D eigenvalue weighted by molar-refractivity contribution is 7.86. The van der Waals surface area contributed by atoms with Crippen molar-refractivity contribution in [2.24, 2.45) is 0 Å². The van der Waals surface area contributed by atoms with Gasteiger partial charge in [-0.1, -0.05) is 95.2 Å². The summed E-state index contributed by atoms with van der Waals surface area (Å²) in [5.41, 5.74) is 1.01. The molecule has 184 valence electrons. The summed E-state index contributed by atoms with van der Waals surface area (Å²) in [4.78, 5) is 11.5. The number of rotatable bonds is 19. The van der Waals surface area contributed by atoms with Crippen LogP contribution in [0.25, 0.3) is 0 Å². The van der Waals surface area contributed by atoms with E-state index in [0.29, 0.717) is 19.3 Å². The first-order valence-electron chi connectivity index (χ1n) is 12.5. The quantitative estimate of drug-likeness (QED) is 0.123. The van der Waals surface area contributed by atoms with Crippen LogP contribution >= 0.6 is 0 Å². The maximum Gasteiger partial charge on any atom is 0.305 e. The molecule has 0 aliphatic heterocycles. The van der Waals surface area contributed by atoms with Crippen LogP contribution in [-0.2, 0) is 23.8 Å². The Kier molecular flexibility index (Phi) is 15.3. The number of hydrogen-bond acceptors (Lipinski definition) is 5. The van der Waals surface area contributed by atoms with Crippen LogP contribution in [0.1, 0.15) is 109 Å². The largest absolute Gasteiger partial charge is 0.469 e. The van der Waals surface area contributed by atoms with Crippen LogP contribution in [0.3, 0.4) is 0 Å². The average molecular weight is 469 g/mol. The molecule has 0 amide bonds. The molecule has 0 aromatic heterocycles. The molecule has 1 aromatic rings. The number of benzene rings is 1. The van der Waals surface area contributed by atoms with E-state index in [2.05, 4.69) is 11.7 Å². The second-order valence-corrected chi connectivity index (χ2v) is 10.4. The van der Waals surface area contributed by atoms with Crippen LogP contribution in [0.2, 0.25) is 0 Å². The predicted octanol–water partition coefficient (Wildman–Crippen LogP) is 7.11. The van der Waals surface area contributed by atoms with Gasteiger partial charge in [0.1, 0.15) is 0 Å². The van der Waals surface area contributed by atoms with Crippen LogP contribution in [0.4, 0.5) is 0 Å². The van der Waals surface area contributed by atoms with E-state index in [1.165, 1.54) is 58.5 Å². The summed E-state index contributed by atoms with van der Waals surface area (Å²) in [7, 11) is -2.41. The molecule has 0 aliphatic rings. The molecule has 0 spiro atoms. The fourth-order valence-electron chi connectivity index (χ4n) is 3.78. The molecule has 0 aliphatic carbocycles. The summed E-state index contributed by atoms with van der Waals surface area (Å²) >= 11 is 0. The second kappa shape index (κ2) is 17.1. The van der Waals surface area contributed by atoms with Gasteiger partial charge in [0.2, 0.25) is 0 Å². The molecule has 0 fully saturated rings. The number of unbranched alkanes of at least 4 members (excludes halogenated alkanes) is 10. The molecule has 0 saturated heterocycles. The summed E-state index contributed by atoms with van der Waals surface area (Å²) in [6.07, 6.45) is 15.2. The van der Waals surface area contributed by atoms with E-state index in [4.69, 9.17) is 4.18 Å². The minimum atomic E-state index is -3.79. The van der Waals surface area contributed by atoms with E-state index in [0.717, 1.165) is 31.2 Å². The van der Waals surface area contributed by atoms with Crippen molar-refractivity contribution in [3.8, 4) is 0 Å². The SMILES string of the molecule is CCCCCCCCCCCCC(CCCCC(=O)OC)OS(=O)(=O)c1ccc(C)cc1. The molecule has 1 unspecified atom stereocenters. The minimum absolute atomic E-state index is 0.200. The second-order valence-electron chi connectivity index (χ2n) is 8.78. The van der Waals surface area contributed by atoms with Crippen molar-refractivity contribution in [1.29, 1.82) is 0 Å². The van der Waals surface area contributed by atoms with Gasteiger partial charge in [0.25, 0.3) is 10.1 Å². The summed E-state index contributed by atoms with van der Waals surface area (Å²) in [5, 5.41) is 0. The van der Waals surface area contributed by atoms with Gasteiger partial charge in [-0.3, -0.25) is 8.98 Å². The molecule has 1 atom stereocenters. The molecule has 0 bridgehead atoms. The third-order valence-corrected chi connectivity index (χ3v) is 7.21. The van der Waals surface area contributed by atoms with Crippen LogP contribution in [-0.4, -0.2) is 27.6 Å². The Morgan fingerprint density at radius 3 is 1.84 bits per heavy atom. The third-order valence-electron chi connectivity index (χ3n) is 5.84. The summed E-state index contributed by atoms with van der Waals surface area (Å²) in [6.45, 7) is 4.16. The number of ether oxygens (including phenoxy) is 1. The Morgan fingerprint density at radius 1 is 0.812 bits per heavy atom. The number of carbonyl (C=O) groups excluding carboxylic acids is 1. The van der Waals surface area contributed by atoms with Crippen molar-refractivity contribution < 1.29 is 22.1 Å². The van der Waals surface area contributed by atoms with Crippen molar-refractivity contribution in [1.82, 2.24) is 0 Å². The van der Waals surface area contributed by atoms with Gasteiger partial charge in [0.05, 0.1) is 18.1 Å². The lowest BCUT2D eigenvalue weighted by Crippen LogP contribution is -2.19. The first-order chi connectivity index (χ1) is 15.4. The van der Waals surface area contributed by atoms with E-state index in [1.807, 2.05) is 6.92 Å². The van der Waals surface area contributed by atoms with Crippen molar-refractivity contribution in [3.63, 3.8) is 0 Å². The van der Waals surface area contributed by atoms with E-state index in [1.54, 1.807) is 24.3 Å². The number of aryl methyl sites for hydroxylation is 1. The van der Waals surface area contributed by atoms with E-state index >= 15 is 0 Å². The molecular weight excluding hydrogens is 424 g/mol. The molecule has 1 aromatic carbocycles. The third kappa shape index (κ3) is 13.2. The Morgan fingerprint density at radius 2 is 1.31 bits per heavy atom. The lowest BCUT2D eigenvalue weighted by Gasteiger charge is -2.18. The summed E-state index contributed by atoms with van der Waals surface area (Å²) in [6, 6.07) is 6.76. The molecule has 0 radical (unpaired) electrons. The van der Waals surface area contributed by atoms with Crippen LogP contribution < -0.4 is 0 Å². The lowest BCUT2D eigenvalue weighted by molar-refractivity contribution is -0.140. The first-order valence-corrected chi connectivity index (χ1v) is 13.9. The standard InChI is InChI=1S/C26H44O5S/c1-4-5-6-7-8-9-10-11-12-13-16-24(17-14-15-18-26(27)30-3)31-32(28,29)25-21-19-23(2)20-22-25/h19-22,24H,4-18H2,1-3H3. The summed E-state index contributed by atoms with van der Waals surface area (Å²) < 4.78 is 35.8. The van der Waals surface area contributed by atoms with Gasteiger partial charge in [-0.15, -0.1) is 0 Å². The Hall–Kier alpha value is -1.40. The van der Waals surface area contributed by atoms with E-state index in [9.17, 15) is 13.2 Å². The highest BCUT2D eigenvalue weighted by atomic mass is 32.2. The normalized spacial score (nSPS) is 12.6. The van der Waals surface area contributed by atoms with Gasteiger partial charge < -0.3 is 4.74 Å². The fraction of sp³-hybridized carbons (Fsp3) is 0.731. The van der Waals surface area contributed by atoms with Gasteiger partial charge in [-0.25, -0.2) is 0 Å². The first kappa shape index (κ1) is 28.6. The van der Waals surface area contributed by atoms with Crippen molar-refractivity contribution in [2.45, 2.75) is 121 Å². The zero-order chi connectivity index (χ0) is 23.7. The maximum atomic E-state index is 12.7. The highest BCUT2D eigenvalue weighted by Gasteiger charge is 2.21.